The standard InChI is InChI=1S/C9H15N3O2/c10-3-4-11-9(14)7-12-5-1-2-8(13)6-12/h8,13H,1-2,4-7H2,(H,11,14)/t8-/m0/s1. The molecule has 0 bridgehead atoms. The minimum atomic E-state index is -0.312. The van der Waals surface area contributed by atoms with Crippen LogP contribution in [-0.2, 0) is 4.79 Å². The Labute approximate surface area is 83.3 Å². The van der Waals surface area contributed by atoms with E-state index in [2.05, 4.69) is 5.32 Å². The van der Waals surface area contributed by atoms with Crippen LogP contribution in [0, 0.1) is 11.3 Å². The van der Waals surface area contributed by atoms with E-state index in [1.54, 1.807) is 0 Å². The fourth-order valence-corrected chi connectivity index (χ4v) is 1.57. The van der Waals surface area contributed by atoms with Crippen molar-refractivity contribution >= 4 is 5.91 Å². The van der Waals surface area contributed by atoms with Gasteiger partial charge in [0.1, 0.15) is 6.54 Å². The van der Waals surface area contributed by atoms with Crippen molar-refractivity contribution in [2.75, 3.05) is 26.2 Å². The highest BCUT2D eigenvalue weighted by molar-refractivity contribution is 5.78. The van der Waals surface area contributed by atoms with Crippen LogP contribution in [-0.4, -0.2) is 48.2 Å². The summed E-state index contributed by atoms with van der Waals surface area (Å²) in [7, 11) is 0. The van der Waals surface area contributed by atoms with Crippen molar-refractivity contribution in [1.82, 2.24) is 10.2 Å². The highest BCUT2D eigenvalue weighted by Gasteiger charge is 2.19. The van der Waals surface area contributed by atoms with Gasteiger partial charge in [0.25, 0.3) is 0 Å². The zero-order valence-corrected chi connectivity index (χ0v) is 8.07. The lowest BCUT2D eigenvalue weighted by atomic mass is 10.1. The van der Waals surface area contributed by atoms with Crippen molar-refractivity contribution in [3.8, 4) is 6.07 Å². The van der Waals surface area contributed by atoms with Gasteiger partial charge in [-0.15, -0.1) is 0 Å². The number of nitrogens with zero attached hydrogens (tertiary/aromatic N) is 2. The molecule has 0 aliphatic carbocycles. The SMILES string of the molecule is N#CCNC(=O)CN1CCC[C@H](O)C1. The predicted octanol–water partition coefficient (Wildman–Crippen LogP) is -0.917. The normalized spacial score (nSPS) is 22.7. The van der Waals surface area contributed by atoms with Crippen LogP contribution in [0.3, 0.4) is 0 Å². The molecule has 1 aliphatic heterocycles. The van der Waals surface area contributed by atoms with Crippen LogP contribution in [0.15, 0.2) is 0 Å². The summed E-state index contributed by atoms with van der Waals surface area (Å²) in [5, 5.41) is 20.1. The molecule has 0 spiro atoms. The van der Waals surface area contributed by atoms with Crippen molar-refractivity contribution in [2.24, 2.45) is 0 Å². The van der Waals surface area contributed by atoms with Crippen molar-refractivity contribution in [1.29, 1.82) is 5.26 Å². The monoisotopic (exact) mass is 197 g/mol. The summed E-state index contributed by atoms with van der Waals surface area (Å²) in [5.41, 5.74) is 0. The molecule has 1 rings (SSSR count). The first-order valence-corrected chi connectivity index (χ1v) is 4.76. The van der Waals surface area contributed by atoms with Gasteiger partial charge < -0.3 is 10.4 Å². The van der Waals surface area contributed by atoms with Crippen molar-refractivity contribution in [3.63, 3.8) is 0 Å². The third-order valence-corrected chi connectivity index (χ3v) is 2.21. The second kappa shape index (κ2) is 5.58. The van der Waals surface area contributed by atoms with E-state index < -0.39 is 0 Å². The third-order valence-electron chi connectivity index (χ3n) is 2.21. The number of aliphatic hydroxyl groups excluding tert-OH is 1. The number of amides is 1. The number of carbonyl (C=O) groups is 1. The van der Waals surface area contributed by atoms with Crippen LogP contribution in [0.25, 0.3) is 0 Å². The molecule has 1 heterocycles. The number of nitriles is 1. The van der Waals surface area contributed by atoms with E-state index in [0.29, 0.717) is 6.54 Å². The maximum atomic E-state index is 11.2. The number of aliphatic hydroxyl groups is 1. The highest BCUT2D eigenvalue weighted by Crippen LogP contribution is 2.08. The molecule has 0 unspecified atom stereocenters. The Bertz CT molecular complexity index is 237. The van der Waals surface area contributed by atoms with E-state index in [1.807, 2.05) is 11.0 Å². The Kier molecular flexibility index (Phi) is 4.36. The van der Waals surface area contributed by atoms with E-state index in [1.165, 1.54) is 0 Å². The molecule has 0 aromatic carbocycles. The number of rotatable bonds is 3. The first-order chi connectivity index (χ1) is 6.72. The van der Waals surface area contributed by atoms with Gasteiger partial charge in [-0.3, -0.25) is 9.69 Å². The van der Waals surface area contributed by atoms with Gasteiger partial charge in [0, 0.05) is 6.54 Å². The molecule has 5 heteroatoms. The summed E-state index contributed by atoms with van der Waals surface area (Å²) < 4.78 is 0. The summed E-state index contributed by atoms with van der Waals surface area (Å²) in [6.45, 7) is 1.73. The van der Waals surface area contributed by atoms with Crippen LogP contribution in [0.2, 0.25) is 0 Å². The molecule has 1 atom stereocenters. The molecule has 2 N–H and O–H groups in total. The molecule has 1 saturated heterocycles. The smallest absolute Gasteiger partial charge is 0.235 e. The van der Waals surface area contributed by atoms with Gasteiger partial charge in [0.15, 0.2) is 0 Å². The second-order valence-electron chi connectivity index (χ2n) is 3.47. The predicted molar refractivity (Wildman–Crippen MR) is 50.3 cm³/mol. The Morgan fingerprint density at radius 2 is 2.50 bits per heavy atom. The Balaban J connectivity index is 2.22. The van der Waals surface area contributed by atoms with Gasteiger partial charge in [0.05, 0.1) is 18.7 Å². The molecule has 0 radical (unpaired) electrons. The van der Waals surface area contributed by atoms with Crippen LogP contribution in [0.1, 0.15) is 12.8 Å². The number of hydrogen-bond acceptors (Lipinski definition) is 4. The zero-order chi connectivity index (χ0) is 10.4. The number of likely N-dealkylation sites (tertiary alicyclic amines) is 1. The van der Waals surface area contributed by atoms with E-state index >= 15 is 0 Å². The molecular formula is C9H15N3O2. The molecule has 78 valence electrons. The number of nitrogens with one attached hydrogen (secondary N) is 1. The molecule has 14 heavy (non-hydrogen) atoms. The maximum absolute atomic E-state index is 11.2. The fraction of sp³-hybridized carbons (Fsp3) is 0.778. The van der Waals surface area contributed by atoms with Gasteiger partial charge in [0.2, 0.25) is 5.91 Å². The molecular weight excluding hydrogens is 182 g/mol. The van der Waals surface area contributed by atoms with Gasteiger partial charge in [-0.05, 0) is 19.4 Å². The van der Waals surface area contributed by atoms with E-state index in [-0.39, 0.29) is 25.1 Å². The summed E-state index contributed by atoms with van der Waals surface area (Å²) in [6, 6.07) is 1.84. The highest BCUT2D eigenvalue weighted by atomic mass is 16.3. The molecule has 0 aromatic heterocycles. The summed E-state index contributed by atoms with van der Waals surface area (Å²) in [6.07, 6.45) is 1.43. The summed E-state index contributed by atoms with van der Waals surface area (Å²) in [4.78, 5) is 13.1. The average Bonchev–Trinajstić information content (AvgIpc) is 2.15. The average molecular weight is 197 g/mol. The lowest BCUT2D eigenvalue weighted by molar-refractivity contribution is -0.122. The minimum Gasteiger partial charge on any atom is -0.392 e. The van der Waals surface area contributed by atoms with E-state index in [4.69, 9.17) is 5.26 Å². The van der Waals surface area contributed by atoms with Crippen molar-refractivity contribution in [2.45, 2.75) is 18.9 Å². The maximum Gasteiger partial charge on any atom is 0.235 e. The first kappa shape index (κ1) is 11.0. The lowest BCUT2D eigenvalue weighted by Gasteiger charge is -2.29. The lowest BCUT2D eigenvalue weighted by Crippen LogP contribution is -2.44. The Hall–Kier alpha value is -1.12. The number of piperidine rings is 1. The van der Waals surface area contributed by atoms with Gasteiger partial charge in [-0.1, -0.05) is 0 Å². The Morgan fingerprint density at radius 1 is 1.71 bits per heavy atom. The van der Waals surface area contributed by atoms with Crippen LogP contribution in [0.5, 0.6) is 0 Å². The van der Waals surface area contributed by atoms with E-state index in [0.717, 1.165) is 19.4 Å². The number of carbonyl (C=O) groups excluding carboxylic acids is 1. The minimum absolute atomic E-state index is 0.0508. The zero-order valence-electron chi connectivity index (χ0n) is 8.07. The molecule has 1 fully saturated rings. The largest absolute Gasteiger partial charge is 0.392 e. The first-order valence-electron chi connectivity index (χ1n) is 4.76. The van der Waals surface area contributed by atoms with Crippen molar-refractivity contribution < 1.29 is 9.90 Å². The Morgan fingerprint density at radius 3 is 3.14 bits per heavy atom. The van der Waals surface area contributed by atoms with Gasteiger partial charge >= 0.3 is 0 Å². The van der Waals surface area contributed by atoms with Crippen LogP contribution < -0.4 is 5.32 Å². The second-order valence-corrected chi connectivity index (χ2v) is 3.47. The van der Waals surface area contributed by atoms with Crippen LogP contribution in [0.4, 0.5) is 0 Å². The number of β-amino-alcohol motifs (C(OH)–C–C–N with tert-alkyl or cyclic N) is 1. The fourth-order valence-electron chi connectivity index (χ4n) is 1.57. The molecule has 5 nitrogen and oxygen atoms in total. The van der Waals surface area contributed by atoms with E-state index in [9.17, 15) is 9.90 Å². The molecule has 1 amide bonds. The van der Waals surface area contributed by atoms with Gasteiger partial charge in [-0.2, -0.15) is 5.26 Å². The molecule has 0 saturated carbocycles. The molecule has 1 aliphatic rings. The van der Waals surface area contributed by atoms with Crippen molar-refractivity contribution in [3.05, 3.63) is 0 Å². The topological polar surface area (TPSA) is 76.4 Å². The molecule has 0 aromatic rings. The third kappa shape index (κ3) is 3.73. The summed E-state index contributed by atoms with van der Waals surface area (Å²) in [5.74, 6) is -0.152. The summed E-state index contributed by atoms with van der Waals surface area (Å²) >= 11 is 0. The van der Waals surface area contributed by atoms with Crippen LogP contribution >= 0.6 is 0 Å². The number of hydrogen-bond donors (Lipinski definition) is 2. The quantitative estimate of drug-likeness (QED) is 0.574. The van der Waals surface area contributed by atoms with Gasteiger partial charge in [-0.25, -0.2) is 0 Å².